The molecule has 36 heavy (non-hydrogen) atoms. The van der Waals surface area contributed by atoms with E-state index in [2.05, 4.69) is 5.32 Å². The number of nitrogens with zero attached hydrogens (tertiary/aromatic N) is 3. The molecule has 0 saturated carbocycles. The maximum Gasteiger partial charge on any atom is 0.295 e. The predicted molar refractivity (Wildman–Crippen MR) is 142 cm³/mol. The number of nitrogens with one attached hydrogen (secondary N) is 1. The summed E-state index contributed by atoms with van der Waals surface area (Å²) in [5, 5.41) is 3.27. The molecule has 1 heterocycles. The standard InChI is InChI=1S/C25H22Cl2N4O4S/c1-17-24(25(33)31(29(17)2)20-8-4-3-5-9-20)28-23(32)16-30(21-10-6-7-19(27)15-21)36(34,35)22-13-11-18(26)12-14-22/h3-15H,16H2,1-2H3,(H,28,32). The van der Waals surface area contributed by atoms with Crippen molar-refractivity contribution in [3.8, 4) is 5.69 Å². The first-order chi connectivity index (χ1) is 17.1. The van der Waals surface area contributed by atoms with Crippen molar-refractivity contribution < 1.29 is 13.2 Å². The molecule has 0 saturated heterocycles. The van der Waals surface area contributed by atoms with Gasteiger partial charge in [0.25, 0.3) is 15.6 Å². The van der Waals surface area contributed by atoms with E-state index in [9.17, 15) is 18.0 Å². The molecular formula is C25H22Cl2N4O4S. The first-order valence-electron chi connectivity index (χ1n) is 10.8. The maximum atomic E-state index is 13.5. The number of halogens is 2. The fourth-order valence-electron chi connectivity index (χ4n) is 3.70. The van der Waals surface area contributed by atoms with Crippen molar-refractivity contribution in [3.05, 3.63) is 105 Å². The number of carbonyl (C=O) groups is 1. The largest absolute Gasteiger partial charge is 0.318 e. The van der Waals surface area contributed by atoms with E-state index < -0.39 is 28.0 Å². The van der Waals surface area contributed by atoms with Crippen LogP contribution >= 0.6 is 23.2 Å². The fraction of sp³-hybridized carbons (Fsp3) is 0.120. The summed E-state index contributed by atoms with van der Waals surface area (Å²) in [5.74, 6) is -0.696. The third-order valence-electron chi connectivity index (χ3n) is 5.60. The lowest BCUT2D eigenvalue weighted by atomic mass is 10.3. The molecule has 0 fully saturated rings. The lowest BCUT2D eigenvalue weighted by molar-refractivity contribution is -0.114. The monoisotopic (exact) mass is 544 g/mol. The van der Waals surface area contributed by atoms with Crippen molar-refractivity contribution in [3.63, 3.8) is 0 Å². The summed E-state index contributed by atoms with van der Waals surface area (Å²) in [5.41, 5.74) is 0.941. The summed E-state index contributed by atoms with van der Waals surface area (Å²) >= 11 is 12.0. The highest BCUT2D eigenvalue weighted by atomic mass is 35.5. The Kier molecular flexibility index (Phi) is 7.26. The summed E-state index contributed by atoms with van der Waals surface area (Å²) < 4.78 is 31.0. The molecule has 1 amide bonds. The van der Waals surface area contributed by atoms with E-state index in [1.807, 2.05) is 6.07 Å². The fourth-order valence-corrected chi connectivity index (χ4v) is 5.43. The quantitative estimate of drug-likeness (QED) is 0.367. The summed E-state index contributed by atoms with van der Waals surface area (Å²) in [6.07, 6.45) is 0. The van der Waals surface area contributed by atoms with Gasteiger partial charge in [-0.3, -0.25) is 18.6 Å². The van der Waals surface area contributed by atoms with E-state index in [0.717, 1.165) is 4.31 Å². The summed E-state index contributed by atoms with van der Waals surface area (Å²) in [6.45, 7) is 1.10. The van der Waals surface area contributed by atoms with Gasteiger partial charge in [-0.05, 0) is 61.5 Å². The van der Waals surface area contributed by atoms with Gasteiger partial charge in [0.15, 0.2) is 0 Å². The van der Waals surface area contributed by atoms with Crippen molar-refractivity contribution in [1.29, 1.82) is 0 Å². The predicted octanol–water partition coefficient (Wildman–Crippen LogP) is 4.63. The van der Waals surface area contributed by atoms with Gasteiger partial charge in [-0.25, -0.2) is 13.1 Å². The van der Waals surface area contributed by atoms with Crippen LogP contribution in [0.5, 0.6) is 0 Å². The van der Waals surface area contributed by atoms with Crippen molar-refractivity contribution >= 4 is 50.5 Å². The van der Waals surface area contributed by atoms with Crippen LogP contribution in [-0.4, -0.2) is 30.2 Å². The zero-order chi connectivity index (χ0) is 26.0. The molecule has 11 heteroatoms. The number of amides is 1. The number of rotatable bonds is 7. The maximum absolute atomic E-state index is 13.5. The van der Waals surface area contributed by atoms with Crippen LogP contribution in [0.3, 0.4) is 0 Å². The lowest BCUT2D eigenvalue weighted by Gasteiger charge is -2.24. The molecule has 186 valence electrons. The lowest BCUT2D eigenvalue weighted by Crippen LogP contribution is -2.38. The number of aromatic nitrogens is 2. The van der Waals surface area contributed by atoms with Crippen LogP contribution in [0.4, 0.5) is 11.4 Å². The van der Waals surface area contributed by atoms with Crippen LogP contribution in [0.1, 0.15) is 5.69 Å². The van der Waals surface area contributed by atoms with Gasteiger partial charge in [0, 0.05) is 17.1 Å². The molecule has 0 unspecified atom stereocenters. The minimum atomic E-state index is -4.17. The summed E-state index contributed by atoms with van der Waals surface area (Å²) in [6, 6.07) is 20.7. The van der Waals surface area contributed by atoms with Crippen molar-refractivity contribution in [1.82, 2.24) is 9.36 Å². The van der Waals surface area contributed by atoms with Gasteiger partial charge in [-0.15, -0.1) is 0 Å². The molecule has 4 aromatic rings. The Labute approximate surface area is 218 Å². The van der Waals surface area contributed by atoms with E-state index in [1.54, 1.807) is 55.1 Å². The smallest absolute Gasteiger partial charge is 0.295 e. The molecule has 1 N–H and O–H groups in total. The highest BCUT2D eigenvalue weighted by Gasteiger charge is 2.28. The van der Waals surface area contributed by atoms with Gasteiger partial charge in [0.2, 0.25) is 5.91 Å². The molecule has 0 atom stereocenters. The van der Waals surface area contributed by atoms with E-state index >= 15 is 0 Å². The first-order valence-corrected chi connectivity index (χ1v) is 13.0. The van der Waals surface area contributed by atoms with Gasteiger partial charge in [0.05, 0.1) is 22.0 Å². The van der Waals surface area contributed by atoms with Gasteiger partial charge >= 0.3 is 0 Å². The second-order valence-electron chi connectivity index (χ2n) is 7.93. The minimum absolute atomic E-state index is 0.0537. The number of carbonyl (C=O) groups excluding carboxylic acids is 1. The Morgan fingerprint density at radius 1 is 0.944 bits per heavy atom. The molecule has 0 aliphatic carbocycles. The molecule has 3 aromatic carbocycles. The highest BCUT2D eigenvalue weighted by molar-refractivity contribution is 7.92. The molecule has 1 aromatic heterocycles. The Morgan fingerprint density at radius 2 is 1.61 bits per heavy atom. The first kappa shape index (κ1) is 25.6. The van der Waals surface area contributed by atoms with Crippen LogP contribution in [-0.2, 0) is 21.9 Å². The molecule has 0 aliphatic heterocycles. The minimum Gasteiger partial charge on any atom is -0.318 e. The molecule has 4 rings (SSSR count). The zero-order valence-corrected chi connectivity index (χ0v) is 21.7. The molecule has 8 nitrogen and oxygen atoms in total. The van der Waals surface area contributed by atoms with Gasteiger partial charge in [-0.1, -0.05) is 47.5 Å². The molecule has 0 bridgehead atoms. The van der Waals surface area contributed by atoms with Crippen LogP contribution in [0.15, 0.2) is 88.6 Å². The third-order valence-corrected chi connectivity index (χ3v) is 7.88. The Balaban J connectivity index is 1.70. The Morgan fingerprint density at radius 3 is 2.25 bits per heavy atom. The second-order valence-corrected chi connectivity index (χ2v) is 10.7. The van der Waals surface area contributed by atoms with Crippen LogP contribution in [0.25, 0.3) is 5.69 Å². The molecular weight excluding hydrogens is 523 g/mol. The average molecular weight is 545 g/mol. The van der Waals surface area contributed by atoms with Gasteiger partial charge in [-0.2, -0.15) is 0 Å². The number of benzene rings is 3. The van der Waals surface area contributed by atoms with Gasteiger partial charge in [0.1, 0.15) is 12.2 Å². The highest BCUT2D eigenvalue weighted by Crippen LogP contribution is 2.27. The summed E-state index contributed by atoms with van der Waals surface area (Å²) in [4.78, 5) is 26.3. The normalized spacial score (nSPS) is 11.3. The molecule has 0 radical (unpaired) electrons. The average Bonchev–Trinajstić information content (AvgIpc) is 3.06. The van der Waals surface area contributed by atoms with Crippen LogP contribution < -0.4 is 15.2 Å². The second kappa shape index (κ2) is 10.2. The number of anilines is 2. The van der Waals surface area contributed by atoms with E-state index in [1.165, 1.54) is 41.1 Å². The van der Waals surface area contributed by atoms with Crippen molar-refractivity contribution in [2.75, 3.05) is 16.2 Å². The van der Waals surface area contributed by atoms with E-state index in [4.69, 9.17) is 23.2 Å². The summed E-state index contributed by atoms with van der Waals surface area (Å²) in [7, 11) is -2.48. The van der Waals surface area contributed by atoms with E-state index in [0.29, 0.717) is 21.4 Å². The number of para-hydroxylation sites is 1. The topological polar surface area (TPSA) is 93.4 Å². The molecule has 0 spiro atoms. The third kappa shape index (κ3) is 5.04. The van der Waals surface area contributed by atoms with E-state index in [-0.39, 0.29) is 16.3 Å². The number of hydrogen-bond acceptors (Lipinski definition) is 4. The Bertz CT molecular complexity index is 1580. The van der Waals surface area contributed by atoms with Crippen molar-refractivity contribution in [2.24, 2.45) is 7.05 Å². The molecule has 0 aliphatic rings. The van der Waals surface area contributed by atoms with Crippen LogP contribution in [0, 0.1) is 6.92 Å². The van der Waals surface area contributed by atoms with Crippen LogP contribution in [0.2, 0.25) is 10.0 Å². The van der Waals surface area contributed by atoms with Crippen molar-refractivity contribution in [2.45, 2.75) is 11.8 Å². The Hall–Kier alpha value is -3.53. The number of sulfonamides is 1. The zero-order valence-electron chi connectivity index (χ0n) is 19.4. The number of hydrogen-bond donors (Lipinski definition) is 1. The van der Waals surface area contributed by atoms with Gasteiger partial charge < -0.3 is 5.32 Å². The SMILES string of the molecule is Cc1c(NC(=O)CN(c2cccc(Cl)c2)S(=O)(=O)c2ccc(Cl)cc2)c(=O)n(-c2ccccc2)n1C.